The van der Waals surface area contributed by atoms with Crippen molar-refractivity contribution in [3.63, 3.8) is 0 Å². The monoisotopic (exact) mass is 526 g/mol. The van der Waals surface area contributed by atoms with Gasteiger partial charge in [0.05, 0.1) is 12.7 Å². The van der Waals surface area contributed by atoms with E-state index in [9.17, 15) is 18.0 Å². The molecule has 2 heterocycles. The van der Waals surface area contributed by atoms with E-state index in [1.807, 2.05) is 57.0 Å². The summed E-state index contributed by atoms with van der Waals surface area (Å²) >= 11 is 0. The first kappa shape index (κ1) is 26.9. The second kappa shape index (κ2) is 10.3. The summed E-state index contributed by atoms with van der Waals surface area (Å²) in [5, 5.41) is 0. The quantitative estimate of drug-likeness (QED) is 0.392. The summed E-state index contributed by atoms with van der Waals surface area (Å²) in [4.78, 5) is 27.5. The number of likely N-dealkylation sites (N-methyl/N-ethyl adjacent to an activating group) is 1. The van der Waals surface area contributed by atoms with E-state index in [1.165, 1.54) is 35.7 Å². The molecule has 8 nitrogen and oxygen atoms in total. The topological polar surface area (TPSA) is 93.2 Å². The number of hydrogen-bond acceptors (Lipinski definition) is 7. The van der Waals surface area contributed by atoms with Gasteiger partial charge in [-0.2, -0.15) is 4.31 Å². The third kappa shape index (κ3) is 5.02. The molecule has 0 aromatic heterocycles. The molecule has 0 bridgehead atoms. The normalized spacial score (nSPS) is 20.5. The molecule has 9 heteroatoms. The lowest BCUT2D eigenvalue weighted by Crippen LogP contribution is -2.42. The molecule has 2 aliphatic rings. The SMILES string of the molecule is COc1ccc(C(=O)OCC(=O)/C=C2/N(C)c3ccccc3C2(C)C)cc1S(=O)(=O)N1CCCC[C@@H]1C. The van der Waals surface area contributed by atoms with Gasteiger partial charge in [-0.1, -0.05) is 38.5 Å². The Kier molecular flexibility index (Phi) is 7.48. The number of hydrogen-bond donors (Lipinski definition) is 0. The lowest BCUT2D eigenvalue weighted by molar-refractivity contribution is -0.117. The number of benzene rings is 2. The minimum Gasteiger partial charge on any atom is -0.495 e. The molecular weight excluding hydrogens is 492 g/mol. The highest BCUT2D eigenvalue weighted by Crippen LogP contribution is 2.46. The molecule has 198 valence electrons. The predicted octanol–water partition coefficient (Wildman–Crippen LogP) is 4.30. The lowest BCUT2D eigenvalue weighted by Gasteiger charge is -2.32. The summed E-state index contributed by atoms with van der Waals surface area (Å²) in [6, 6.07) is 12.0. The minimum atomic E-state index is -3.88. The second-order valence-electron chi connectivity index (χ2n) is 10.1. The van der Waals surface area contributed by atoms with Crippen LogP contribution in [0.2, 0.25) is 0 Å². The fraction of sp³-hybridized carbons (Fsp3) is 0.429. The molecule has 0 N–H and O–H groups in total. The number of ketones is 1. The van der Waals surface area contributed by atoms with Gasteiger partial charge in [0.1, 0.15) is 10.6 Å². The highest BCUT2D eigenvalue weighted by atomic mass is 32.2. The third-order valence-electron chi connectivity index (χ3n) is 7.31. The first-order chi connectivity index (χ1) is 17.5. The number of methoxy groups -OCH3 is 1. The van der Waals surface area contributed by atoms with Gasteiger partial charge in [-0.15, -0.1) is 0 Å². The van der Waals surface area contributed by atoms with Crippen molar-refractivity contribution >= 4 is 27.5 Å². The van der Waals surface area contributed by atoms with E-state index in [4.69, 9.17) is 9.47 Å². The van der Waals surface area contributed by atoms with Crippen molar-refractivity contribution in [1.29, 1.82) is 0 Å². The fourth-order valence-corrected chi connectivity index (χ4v) is 7.12. The zero-order chi connectivity index (χ0) is 27.0. The maximum Gasteiger partial charge on any atom is 0.338 e. The summed E-state index contributed by atoms with van der Waals surface area (Å²) in [6.45, 7) is 5.92. The zero-order valence-corrected chi connectivity index (χ0v) is 22.8. The predicted molar refractivity (Wildman–Crippen MR) is 141 cm³/mol. The molecule has 2 aromatic rings. The molecule has 1 atom stereocenters. The molecule has 0 radical (unpaired) electrons. The molecule has 2 aromatic carbocycles. The minimum absolute atomic E-state index is 0.0372. The Morgan fingerprint density at radius 1 is 1.14 bits per heavy atom. The molecule has 0 unspecified atom stereocenters. The van der Waals surface area contributed by atoms with E-state index >= 15 is 0 Å². The number of fused-ring (bicyclic) bond motifs is 1. The van der Waals surface area contributed by atoms with Gasteiger partial charge in [0.15, 0.2) is 12.4 Å². The molecule has 2 aliphatic heterocycles. The highest BCUT2D eigenvalue weighted by Gasteiger charge is 2.38. The summed E-state index contributed by atoms with van der Waals surface area (Å²) in [5.41, 5.74) is 2.61. The van der Waals surface area contributed by atoms with Crippen LogP contribution >= 0.6 is 0 Å². The maximum absolute atomic E-state index is 13.4. The Balaban J connectivity index is 1.51. The Morgan fingerprint density at radius 3 is 2.54 bits per heavy atom. The van der Waals surface area contributed by atoms with Gasteiger partial charge in [-0.05, 0) is 49.6 Å². The third-order valence-corrected chi connectivity index (χ3v) is 9.35. The smallest absolute Gasteiger partial charge is 0.338 e. The Bertz CT molecular complexity index is 1350. The largest absolute Gasteiger partial charge is 0.495 e. The van der Waals surface area contributed by atoms with Crippen LogP contribution in [-0.4, -0.2) is 57.8 Å². The molecule has 1 fully saturated rings. The van der Waals surface area contributed by atoms with Crippen LogP contribution in [0.25, 0.3) is 0 Å². The number of carbonyl (C=O) groups excluding carboxylic acids is 2. The lowest BCUT2D eigenvalue weighted by atomic mass is 9.83. The molecule has 0 aliphatic carbocycles. The van der Waals surface area contributed by atoms with Crippen LogP contribution in [-0.2, 0) is 25.0 Å². The number of anilines is 1. The zero-order valence-electron chi connectivity index (χ0n) is 22.0. The van der Waals surface area contributed by atoms with Gasteiger partial charge in [0.2, 0.25) is 10.0 Å². The van der Waals surface area contributed by atoms with Crippen molar-refractivity contribution in [3.05, 3.63) is 65.4 Å². The van der Waals surface area contributed by atoms with E-state index in [0.717, 1.165) is 36.2 Å². The van der Waals surface area contributed by atoms with Gasteiger partial charge in [-0.3, -0.25) is 4.79 Å². The van der Waals surface area contributed by atoms with Crippen molar-refractivity contribution in [2.75, 3.05) is 32.2 Å². The van der Waals surface area contributed by atoms with Gasteiger partial charge in [0, 0.05) is 42.5 Å². The Labute approximate surface area is 218 Å². The van der Waals surface area contributed by atoms with E-state index in [2.05, 4.69) is 0 Å². The van der Waals surface area contributed by atoms with Crippen molar-refractivity contribution < 1.29 is 27.5 Å². The van der Waals surface area contributed by atoms with Gasteiger partial charge in [-0.25, -0.2) is 13.2 Å². The van der Waals surface area contributed by atoms with Crippen LogP contribution < -0.4 is 9.64 Å². The van der Waals surface area contributed by atoms with E-state index < -0.39 is 22.6 Å². The molecule has 0 spiro atoms. The molecule has 1 saturated heterocycles. The van der Waals surface area contributed by atoms with Crippen LogP contribution in [0.1, 0.15) is 56.0 Å². The molecule has 0 amide bonds. The van der Waals surface area contributed by atoms with E-state index in [-0.39, 0.29) is 33.4 Å². The van der Waals surface area contributed by atoms with Gasteiger partial charge in [0.25, 0.3) is 0 Å². The highest BCUT2D eigenvalue weighted by molar-refractivity contribution is 7.89. The first-order valence-electron chi connectivity index (χ1n) is 12.4. The average Bonchev–Trinajstić information content (AvgIpc) is 3.07. The number of nitrogens with zero attached hydrogens (tertiary/aromatic N) is 2. The number of allylic oxidation sites excluding steroid dienone is 1. The van der Waals surface area contributed by atoms with E-state index in [1.54, 1.807) is 0 Å². The molecule has 37 heavy (non-hydrogen) atoms. The van der Waals surface area contributed by atoms with Crippen LogP contribution in [0.5, 0.6) is 5.75 Å². The van der Waals surface area contributed by atoms with Crippen LogP contribution in [0, 0.1) is 0 Å². The maximum atomic E-state index is 13.4. The van der Waals surface area contributed by atoms with Crippen LogP contribution in [0.3, 0.4) is 0 Å². The standard InChI is InChI=1S/C28H34N2O6S/c1-19-10-8-9-15-30(19)37(33,34)25-16-20(13-14-24(25)35-5)27(32)36-18-21(31)17-26-28(2,3)22-11-6-7-12-23(22)29(26)4/h6-7,11-14,16-17,19H,8-10,15,18H2,1-5H3/b26-17+/t19-/m0/s1. The first-order valence-corrected chi connectivity index (χ1v) is 13.9. The number of sulfonamides is 1. The molecule has 0 saturated carbocycles. The number of carbonyl (C=O) groups is 2. The Morgan fingerprint density at radius 2 is 1.86 bits per heavy atom. The number of piperidine rings is 1. The number of para-hydroxylation sites is 1. The summed E-state index contributed by atoms with van der Waals surface area (Å²) < 4.78 is 38.9. The average molecular weight is 527 g/mol. The van der Waals surface area contributed by atoms with Crippen molar-refractivity contribution in [1.82, 2.24) is 4.31 Å². The van der Waals surface area contributed by atoms with Crippen LogP contribution in [0.15, 0.2) is 59.1 Å². The summed E-state index contributed by atoms with van der Waals surface area (Å²) in [5.74, 6) is -0.986. The van der Waals surface area contributed by atoms with Crippen molar-refractivity contribution in [2.45, 2.75) is 56.4 Å². The molecular formula is C28H34N2O6S. The number of rotatable bonds is 7. The van der Waals surface area contributed by atoms with Crippen molar-refractivity contribution in [3.8, 4) is 5.75 Å². The van der Waals surface area contributed by atoms with Crippen molar-refractivity contribution in [2.24, 2.45) is 0 Å². The van der Waals surface area contributed by atoms with Gasteiger partial charge < -0.3 is 14.4 Å². The van der Waals surface area contributed by atoms with Crippen LogP contribution in [0.4, 0.5) is 5.69 Å². The number of esters is 1. The number of ether oxygens (including phenoxy) is 2. The second-order valence-corrected chi connectivity index (χ2v) is 12.0. The molecule has 4 rings (SSSR count). The summed E-state index contributed by atoms with van der Waals surface area (Å²) in [6.07, 6.45) is 4.04. The van der Waals surface area contributed by atoms with E-state index in [0.29, 0.717) is 6.54 Å². The Hall–Kier alpha value is -3.17. The fourth-order valence-electron chi connectivity index (χ4n) is 5.23. The summed E-state index contributed by atoms with van der Waals surface area (Å²) in [7, 11) is -0.593. The van der Waals surface area contributed by atoms with Gasteiger partial charge >= 0.3 is 5.97 Å².